The maximum Gasteiger partial charge on any atom is 0.189 e. The predicted octanol–water partition coefficient (Wildman–Crippen LogP) is 2.05. The van der Waals surface area contributed by atoms with Crippen molar-refractivity contribution in [1.82, 2.24) is 19.9 Å². The number of aromatic nitrogens is 4. The van der Waals surface area contributed by atoms with Crippen LogP contribution in [0.5, 0.6) is 0 Å². The van der Waals surface area contributed by atoms with Crippen LogP contribution in [0.1, 0.15) is 0 Å². The molecular formula is C12H13BrN6S. The minimum absolute atomic E-state index is 0.359. The average Bonchev–Trinajstić information content (AvgIpc) is 2.45. The van der Waals surface area contributed by atoms with Gasteiger partial charge in [-0.15, -0.1) is 0 Å². The fourth-order valence-electron chi connectivity index (χ4n) is 1.96. The normalized spacial score (nSPS) is 15.0. The minimum atomic E-state index is 0.359. The van der Waals surface area contributed by atoms with E-state index in [2.05, 4.69) is 46.1 Å². The zero-order valence-electron chi connectivity index (χ0n) is 10.8. The molecule has 2 aromatic heterocycles. The summed E-state index contributed by atoms with van der Waals surface area (Å²) < 4.78 is 0.883. The largest absolute Gasteiger partial charge is 0.363 e. The third kappa shape index (κ3) is 2.85. The third-order valence-electron chi connectivity index (χ3n) is 3.00. The second-order valence-electron chi connectivity index (χ2n) is 4.36. The topological polar surface area (TPSA) is 66.8 Å². The highest BCUT2D eigenvalue weighted by Crippen LogP contribution is 2.25. The molecule has 0 amide bonds. The van der Waals surface area contributed by atoms with E-state index in [0.717, 1.165) is 34.4 Å². The number of nitrogens with zero attached hydrogens (tertiary/aromatic N) is 5. The van der Waals surface area contributed by atoms with Crippen LogP contribution in [0.4, 0.5) is 11.6 Å². The monoisotopic (exact) mass is 352 g/mol. The molecule has 0 bridgehead atoms. The number of nitrogens with one attached hydrogen (secondary N) is 1. The van der Waals surface area contributed by atoms with Crippen molar-refractivity contribution in [2.75, 3.05) is 29.6 Å². The lowest BCUT2D eigenvalue weighted by atomic mass is 10.1. The molecular weight excluding hydrogens is 340 g/mol. The highest BCUT2D eigenvalue weighted by molar-refractivity contribution is 9.10. The van der Waals surface area contributed by atoms with Crippen LogP contribution < -0.4 is 10.2 Å². The molecule has 0 saturated carbocycles. The summed E-state index contributed by atoms with van der Waals surface area (Å²) >= 11 is 5.00. The fourth-order valence-corrected chi connectivity index (χ4v) is 2.60. The van der Waals surface area contributed by atoms with Gasteiger partial charge in [-0.2, -0.15) is 0 Å². The van der Waals surface area contributed by atoms with E-state index >= 15 is 0 Å². The summed E-state index contributed by atoms with van der Waals surface area (Å²) in [6.45, 7) is 1.79. The fraction of sp³-hybridized carbons (Fsp3) is 0.333. The molecule has 0 atom stereocenters. The van der Waals surface area contributed by atoms with Gasteiger partial charge in [0.2, 0.25) is 0 Å². The van der Waals surface area contributed by atoms with Crippen molar-refractivity contribution in [2.45, 2.75) is 11.2 Å². The van der Waals surface area contributed by atoms with Gasteiger partial charge in [-0.05, 0) is 22.2 Å². The Morgan fingerprint density at radius 2 is 2.15 bits per heavy atom. The molecule has 0 aromatic carbocycles. The summed E-state index contributed by atoms with van der Waals surface area (Å²) in [6, 6.07) is 0.359. The van der Waals surface area contributed by atoms with Crippen molar-refractivity contribution < 1.29 is 0 Å². The SMILES string of the molecule is CSc1ncc(Br)c(NC2CN(c3cnccn3)C2)n1. The van der Waals surface area contributed by atoms with Gasteiger partial charge in [-0.3, -0.25) is 4.98 Å². The lowest BCUT2D eigenvalue weighted by molar-refractivity contribution is 0.541. The van der Waals surface area contributed by atoms with Gasteiger partial charge in [-0.1, -0.05) is 11.8 Å². The zero-order chi connectivity index (χ0) is 13.9. The summed E-state index contributed by atoms with van der Waals surface area (Å²) in [5.41, 5.74) is 0. The van der Waals surface area contributed by atoms with E-state index in [1.165, 1.54) is 11.8 Å². The van der Waals surface area contributed by atoms with Crippen molar-refractivity contribution in [3.8, 4) is 0 Å². The summed E-state index contributed by atoms with van der Waals surface area (Å²) in [7, 11) is 0. The average molecular weight is 353 g/mol. The minimum Gasteiger partial charge on any atom is -0.363 e. The molecule has 104 valence electrons. The third-order valence-corrected chi connectivity index (χ3v) is 4.14. The van der Waals surface area contributed by atoms with E-state index in [1.54, 1.807) is 24.8 Å². The second kappa shape index (κ2) is 5.92. The van der Waals surface area contributed by atoms with Crippen molar-refractivity contribution in [3.63, 3.8) is 0 Å². The molecule has 1 N–H and O–H groups in total. The van der Waals surface area contributed by atoms with Gasteiger partial charge in [0.05, 0.1) is 16.7 Å². The van der Waals surface area contributed by atoms with Gasteiger partial charge >= 0.3 is 0 Å². The number of halogens is 1. The standard InChI is InChI=1S/C12H13BrN6S/c1-20-12-16-4-9(13)11(18-12)17-8-6-19(7-8)10-5-14-2-3-15-10/h2-5,8H,6-7H2,1H3,(H,16,17,18). The molecule has 3 rings (SSSR count). The lowest BCUT2D eigenvalue weighted by Crippen LogP contribution is -2.55. The molecule has 0 spiro atoms. The molecule has 0 radical (unpaired) electrons. The smallest absolute Gasteiger partial charge is 0.189 e. The lowest BCUT2D eigenvalue weighted by Gasteiger charge is -2.40. The van der Waals surface area contributed by atoms with Crippen LogP contribution in [-0.2, 0) is 0 Å². The van der Waals surface area contributed by atoms with Gasteiger partial charge in [0, 0.05) is 31.7 Å². The van der Waals surface area contributed by atoms with Crippen LogP contribution in [-0.4, -0.2) is 45.3 Å². The van der Waals surface area contributed by atoms with Crippen LogP contribution in [0, 0.1) is 0 Å². The van der Waals surface area contributed by atoms with E-state index in [1.807, 2.05) is 6.26 Å². The molecule has 0 unspecified atom stereocenters. The number of thioether (sulfide) groups is 1. The van der Waals surface area contributed by atoms with Crippen molar-refractivity contribution in [2.24, 2.45) is 0 Å². The van der Waals surface area contributed by atoms with Gasteiger partial charge in [-0.25, -0.2) is 15.0 Å². The molecule has 1 saturated heterocycles. The molecule has 20 heavy (non-hydrogen) atoms. The van der Waals surface area contributed by atoms with Gasteiger partial charge < -0.3 is 10.2 Å². The van der Waals surface area contributed by atoms with Crippen LogP contribution in [0.3, 0.4) is 0 Å². The zero-order valence-corrected chi connectivity index (χ0v) is 13.2. The Kier molecular flexibility index (Phi) is 4.02. The van der Waals surface area contributed by atoms with E-state index in [-0.39, 0.29) is 0 Å². The quantitative estimate of drug-likeness (QED) is 0.667. The highest BCUT2D eigenvalue weighted by atomic mass is 79.9. The van der Waals surface area contributed by atoms with Gasteiger partial charge in [0.1, 0.15) is 11.6 Å². The molecule has 1 fully saturated rings. The highest BCUT2D eigenvalue weighted by Gasteiger charge is 2.28. The molecule has 1 aliphatic heterocycles. The molecule has 1 aliphatic rings. The summed E-state index contributed by atoms with van der Waals surface area (Å²) in [5.74, 6) is 1.75. The van der Waals surface area contributed by atoms with E-state index in [9.17, 15) is 0 Å². The first-order valence-corrected chi connectivity index (χ1v) is 8.12. The number of hydrogen-bond donors (Lipinski definition) is 1. The van der Waals surface area contributed by atoms with Gasteiger partial charge in [0.25, 0.3) is 0 Å². The summed E-state index contributed by atoms with van der Waals surface area (Å²) in [4.78, 5) is 19.2. The van der Waals surface area contributed by atoms with Crippen LogP contribution in [0.25, 0.3) is 0 Å². The van der Waals surface area contributed by atoms with Gasteiger partial charge in [0.15, 0.2) is 5.16 Å². The summed E-state index contributed by atoms with van der Waals surface area (Å²) in [5, 5.41) is 4.18. The molecule has 8 heteroatoms. The number of hydrogen-bond acceptors (Lipinski definition) is 7. The van der Waals surface area contributed by atoms with Crippen LogP contribution >= 0.6 is 27.7 Å². The molecule has 2 aromatic rings. The predicted molar refractivity (Wildman–Crippen MR) is 83.2 cm³/mol. The Hall–Kier alpha value is -1.41. The van der Waals surface area contributed by atoms with Crippen LogP contribution in [0.2, 0.25) is 0 Å². The Labute approximate surface area is 129 Å². The summed E-state index contributed by atoms with van der Waals surface area (Å²) in [6.07, 6.45) is 8.91. The molecule has 6 nitrogen and oxygen atoms in total. The Morgan fingerprint density at radius 1 is 1.30 bits per heavy atom. The first-order valence-electron chi connectivity index (χ1n) is 6.10. The Bertz CT molecular complexity index is 590. The van der Waals surface area contributed by atoms with Crippen molar-refractivity contribution >= 4 is 39.3 Å². The molecule has 3 heterocycles. The van der Waals surface area contributed by atoms with Crippen molar-refractivity contribution in [1.29, 1.82) is 0 Å². The second-order valence-corrected chi connectivity index (χ2v) is 5.99. The first kappa shape index (κ1) is 13.6. The maximum atomic E-state index is 4.46. The number of anilines is 2. The first-order chi connectivity index (χ1) is 9.76. The molecule has 0 aliphatic carbocycles. The van der Waals surface area contributed by atoms with E-state index < -0.39 is 0 Å². The maximum absolute atomic E-state index is 4.46. The van der Waals surface area contributed by atoms with E-state index in [0.29, 0.717) is 6.04 Å². The van der Waals surface area contributed by atoms with Crippen molar-refractivity contribution in [3.05, 3.63) is 29.3 Å². The van der Waals surface area contributed by atoms with E-state index in [4.69, 9.17) is 0 Å². The Balaban J connectivity index is 1.61. The number of rotatable bonds is 4. The Morgan fingerprint density at radius 3 is 2.85 bits per heavy atom. The van der Waals surface area contributed by atoms with Crippen LogP contribution in [0.15, 0.2) is 34.4 Å².